The predicted octanol–water partition coefficient (Wildman–Crippen LogP) is 3.08. The minimum Gasteiger partial charge on any atom is -0.317 e. The summed E-state index contributed by atoms with van der Waals surface area (Å²) in [5.74, 6) is -0.321. The maximum absolute atomic E-state index is 13.2. The van der Waals surface area contributed by atoms with Gasteiger partial charge in [-0.15, -0.1) is 0 Å². The maximum atomic E-state index is 13.2. The first-order chi connectivity index (χ1) is 12.0. The Balaban J connectivity index is 1.94. The Labute approximate surface area is 148 Å². The minimum atomic E-state index is -3.61. The van der Waals surface area contributed by atoms with Crippen molar-refractivity contribution < 1.29 is 12.8 Å². The number of piperidine rings is 1. The molecule has 0 amide bonds. The largest absolute Gasteiger partial charge is 0.317 e. The molecule has 0 aliphatic carbocycles. The molecule has 1 heterocycles. The normalized spacial score (nSPS) is 16.3. The van der Waals surface area contributed by atoms with Crippen molar-refractivity contribution in [2.45, 2.75) is 37.2 Å². The van der Waals surface area contributed by atoms with Crippen LogP contribution in [0.2, 0.25) is 0 Å². The van der Waals surface area contributed by atoms with Crippen molar-refractivity contribution in [2.75, 3.05) is 13.1 Å². The fraction of sp³-hybridized carbons (Fsp3) is 0.368. The second-order valence-electron chi connectivity index (χ2n) is 6.47. The lowest BCUT2D eigenvalue weighted by Gasteiger charge is -2.34. The monoisotopic (exact) mass is 362 g/mol. The van der Waals surface area contributed by atoms with E-state index in [0.29, 0.717) is 4.90 Å². The van der Waals surface area contributed by atoms with Gasteiger partial charge in [0, 0.05) is 12.6 Å². The van der Waals surface area contributed by atoms with Crippen LogP contribution in [0.3, 0.4) is 0 Å². The Morgan fingerprint density at radius 2 is 1.64 bits per heavy atom. The van der Waals surface area contributed by atoms with E-state index in [9.17, 15) is 12.8 Å². The lowest BCUT2D eigenvalue weighted by molar-refractivity contribution is 0.256. The van der Waals surface area contributed by atoms with Crippen LogP contribution in [0.5, 0.6) is 0 Å². The van der Waals surface area contributed by atoms with Crippen LogP contribution in [-0.2, 0) is 16.6 Å². The molecule has 1 aliphatic rings. The van der Waals surface area contributed by atoms with Crippen molar-refractivity contribution in [2.24, 2.45) is 0 Å². The number of nitrogens with zero attached hydrogens (tertiary/aromatic N) is 1. The van der Waals surface area contributed by atoms with E-state index in [-0.39, 0.29) is 18.4 Å². The van der Waals surface area contributed by atoms with Gasteiger partial charge in [-0.3, -0.25) is 0 Å². The second kappa shape index (κ2) is 7.64. The van der Waals surface area contributed by atoms with E-state index in [4.69, 9.17) is 0 Å². The Kier molecular flexibility index (Phi) is 5.51. The zero-order valence-electron chi connectivity index (χ0n) is 14.3. The SMILES string of the molecule is Cc1ccc(S(=O)(=O)N(Cc2ccc(F)cc2)C2CCNCC2)cc1. The minimum absolute atomic E-state index is 0.0578. The first kappa shape index (κ1) is 18.0. The third-order valence-corrected chi connectivity index (χ3v) is 6.51. The maximum Gasteiger partial charge on any atom is 0.243 e. The number of hydrogen-bond donors (Lipinski definition) is 1. The van der Waals surface area contributed by atoms with Crippen LogP contribution in [0.1, 0.15) is 24.0 Å². The topological polar surface area (TPSA) is 49.4 Å². The molecule has 2 aromatic rings. The third-order valence-electron chi connectivity index (χ3n) is 4.60. The van der Waals surface area contributed by atoms with Crippen LogP contribution in [0, 0.1) is 12.7 Å². The summed E-state index contributed by atoms with van der Waals surface area (Å²) >= 11 is 0. The second-order valence-corrected chi connectivity index (χ2v) is 8.36. The lowest BCUT2D eigenvalue weighted by Crippen LogP contribution is -2.45. The van der Waals surface area contributed by atoms with Gasteiger partial charge in [0.25, 0.3) is 0 Å². The molecule has 0 bridgehead atoms. The van der Waals surface area contributed by atoms with Gasteiger partial charge in [-0.05, 0) is 62.7 Å². The van der Waals surface area contributed by atoms with Crippen molar-refractivity contribution in [1.29, 1.82) is 0 Å². The summed E-state index contributed by atoms with van der Waals surface area (Å²) in [7, 11) is -3.61. The van der Waals surface area contributed by atoms with Gasteiger partial charge < -0.3 is 5.32 Å². The predicted molar refractivity (Wildman–Crippen MR) is 96.2 cm³/mol. The Hall–Kier alpha value is -1.76. The zero-order chi connectivity index (χ0) is 17.9. The average molecular weight is 362 g/mol. The van der Waals surface area contributed by atoms with Gasteiger partial charge in [-0.1, -0.05) is 29.8 Å². The summed E-state index contributed by atoms with van der Waals surface area (Å²) in [6.45, 7) is 3.78. The fourth-order valence-electron chi connectivity index (χ4n) is 3.12. The molecule has 0 saturated carbocycles. The molecular formula is C19H23FN2O2S. The number of aryl methyl sites for hydroxylation is 1. The molecule has 6 heteroatoms. The van der Waals surface area contributed by atoms with E-state index in [1.54, 1.807) is 28.6 Å². The van der Waals surface area contributed by atoms with Gasteiger partial charge in [-0.25, -0.2) is 12.8 Å². The molecule has 1 N–H and O–H groups in total. The van der Waals surface area contributed by atoms with E-state index < -0.39 is 10.0 Å². The van der Waals surface area contributed by atoms with E-state index >= 15 is 0 Å². The molecule has 0 aromatic heterocycles. The fourth-order valence-corrected chi connectivity index (χ4v) is 4.79. The highest BCUT2D eigenvalue weighted by atomic mass is 32.2. The standard InChI is InChI=1S/C19H23FN2O2S/c1-15-2-8-19(9-3-15)25(23,24)22(18-10-12-21-13-11-18)14-16-4-6-17(20)7-5-16/h2-9,18,21H,10-14H2,1H3. The number of rotatable bonds is 5. The number of sulfonamides is 1. The summed E-state index contributed by atoms with van der Waals surface area (Å²) in [5, 5.41) is 3.27. The highest BCUT2D eigenvalue weighted by Gasteiger charge is 2.32. The highest BCUT2D eigenvalue weighted by molar-refractivity contribution is 7.89. The van der Waals surface area contributed by atoms with Gasteiger partial charge in [0.15, 0.2) is 0 Å². The number of nitrogens with one attached hydrogen (secondary N) is 1. The van der Waals surface area contributed by atoms with Crippen LogP contribution in [-0.4, -0.2) is 31.9 Å². The molecule has 4 nitrogen and oxygen atoms in total. The summed E-state index contributed by atoms with van der Waals surface area (Å²) in [6.07, 6.45) is 1.54. The van der Waals surface area contributed by atoms with E-state index in [1.165, 1.54) is 12.1 Å². The zero-order valence-corrected chi connectivity index (χ0v) is 15.1. The van der Waals surface area contributed by atoms with Crippen LogP contribution < -0.4 is 5.32 Å². The molecule has 1 saturated heterocycles. The van der Waals surface area contributed by atoms with Crippen molar-refractivity contribution >= 4 is 10.0 Å². The van der Waals surface area contributed by atoms with Crippen LogP contribution in [0.4, 0.5) is 4.39 Å². The summed E-state index contributed by atoms with van der Waals surface area (Å²) in [5.41, 5.74) is 1.81. The Morgan fingerprint density at radius 3 is 2.24 bits per heavy atom. The molecule has 1 fully saturated rings. The number of halogens is 1. The summed E-state index contributed by atoms with van der Waals surface area (Å²) in [6, 6.07) is 12.9. The molecule has 0 unspecified atom stereocenters. The molecule has 2 aromatic carbocycles. The van der Waals surface area contributed by atoms with Crippen molar-refractivity contribution in [3.05, 3.63) is 65.5 Å². The quantitative estimate of drug-likeness (QED) is 0.889. The van der Waals surface area contributed by atoms with Gasteiger partial charge in [0.05, 0.1) is 4.90 Å². The summed E-state index contributed by atoms with van der Waals surface area (Å²) in [4.78, 5) is 0.304. The lowest BCUT2D eigenvalue weighted by atomic mass is 10.1. The van der Waals surface area contributed by atoms with Crippen LogP contribution in [0.15, 0.2) is 53.4 Å². The Bertz CT molecular complexity index is 798. The van der Waals surface area contributed by atoms with Gasteiger partial charge in [-0.2, -0.15) is 4.31 Å². The van der Waals surface area contributed by atoms with Crippen molar-refractivity contribution in [1.82, 2.24) is 9.62 Å². The first-order valence-corrected chi connectivity index (χ1v) is 9.94. The average Bonchev–Trinajstić information content (AvgIpc) is 2.62. The van der Waals surface area contributed by atoms with Crippen molar-refractivity contribution in [3.63, 3.8) is 0 Å². The molecule has 0 atom stereocenters. The molecule has 134 valence electrons. The molecule has 0 radical (unpaired) electrons. The molecular weight excluding hydrogens is 339 g/mol. The number of hydrogen-bond acceptors (Lipinski definition) is 3. The Morgan fingerprint density at radius 1 is 1.04 bits per heavy atom. The van der Waals surface area contributed by atoms with Crippen molar-refractivity contribution in [3.8, 4) is 0 Å². The van der Waals surface area contributed by atoms with E-state index in [0.717, 1.165) is 37.1 Å². The molecule has 0 spiro atoms. The number of benzene rings is 2. The molecule has 3 rings (SSSR count). The third kappa shape index (κ3) is 4.26. The van der Waals surface area contributed by atoms with Crippen LogP contribution >= 0.6 is 0 Å². The smallest absolute Gasteiger partial charge is 0.243 e. The molecule has 1 aliphatic heterocycles. The van der Waals surface area contributed by atoms with Gasteiger partial charge in [0.2, 0.25) is 10.0 Å². The molecule has 25 heavy (non-hydrogen) atoms. The van der Waals surface area contributed by atoms with E-state index in [1.807, 2.05) is 19.1 Å². The highest BCUT2D eigenvalue weighted by Crippen LogP contribution is 2.25. The van der Waals surface area contributed by atoms with Gasteiger partial charge in [0.1, 0.15) is 5.82 Å². The van der Waals surface area contributed by atoms with Gasteiger partial charge >= 0.3 is 0 Å². The van der Waals surface area contributed by atoms with Crippen LogP contribution in [0.25, 0.3) is 0 Å². The summed E-state index contributed by atoms with van der Waals surface area (Å²) < 4.78 is 41.2. The van der Waals surface area contributed by atoms with E-state index in [2.05, 4.69) is 5.32 Å². The first-order valence-electron chi connectivity index (χ1n) is 8.50.